The van der Waals surface area contributed by atoms with Crippen molar-refractivity contribution < 1.29 is 23.5 Å². The van der Waals surface area contributed by atoms with E-state index in [4.69, 9.17) is 5.11 Å². The Labute approximate surface area is 106 Å². The molecule has 1 N–H and O–H groups in total. The molecule has 0 radical (unpaired) electrons. The molecule has 0 saturated heterocycles. The van der Waals surface area contributed by atoms with Crippen LogP contribution in [0.15, 0.2) is 30.5 Å². The van der Waals surface area contributed by atoms with Gasteiger partial charge >= 0.3 is 5.97 Å². The molecule has 0 aliphatic carbocycles. The summed E-state index contributed by atoms with van der Waals surface area (Å²) in [5.74, 6) is -4.08. The Kier molecular flexibility index (Phi) is 3.16. The molecule has 0 saturated carbocycles. The van der Waals surface area contributed by atoms with Gasteiger partial charge in [0, 0.05) is 18.8 Å². The van der Waals surface area contributed by atoms with E-state index in [2.05, 4.69) is 0 Å². The Morgan fingerprint density at radius 1 is 1.21 bits per heavy atom. The molecule has 1 aromatic carbocycles. The summed E-state index contributed by atoms with van der Waals surface area (Å²) in [5.41, 5.74) is -0.908. The van der Waals surface area contributed by atoms with Gasteiger partial charge in [-0.15, -0.1) is 0 Å². The second-order valence-electron chi connectivity index (χ2n) is 3.96. The number of aryl methyl sites for hydroxylation is 1. The number of benzene rings is 1. The van der Waals surface area contributed by atoms with Crippen molar-refractivity contribution in [2.75, 3.05) is 0 Å². The van der Waals surface area contributed by atoms with Crippen molar-refractivity contribution in [1.82, 2.24) is 4.57 Å². The highest BCUT2D eigenvalue weighted by atomic mass is 19.1. The van der Waals surface area contributed by atoms with Gasteiger partial charge in [0.15, 0.2) is 5.78 Å². The fourth-order valence-electron chi connectivity index (χ4n) is 1.76. The predicted molar refractivity (Wildman–Crippen MR) is 62.2 cm³/mol. The zero-order valence-electron chi connectivity index (χ0n) is 9.85. The maximum absolute atomic E-state index is 13.5. The van der Waals surface area contributed by atoms with E-state index in [1.807, 2.05) is 0 Å². The summed E-state index contributed by atoms with van der Waals surface area (Å²) >= 11 is 0. The third-order valence-electron chi connectivity index (χ3n) is 2.68. The zero-order chi connectivity index (χ0) is 14.2. The van der Waals surface area contributed by atoms with E-state index in [1.54, 1.807) is 0 Å². The van der Waals surface area contributed by atoms with Crippen molar-refractivity contribution in [3.05, 3.63) is 58.9 Å². The van der Waals surface area contributed by atoms with Gasteiger partial charge in [-0.05, 0) is 18.2 Å². The lowest BCUT2D eigenvalue weighted by Gasteiger charge is -2.01. The van der Waals surface area contributed by atoms with Crippen LogP contribution in [-0.2, 0) is 7.05 Å². The molecular formula is C13H9F2NO3. The van der Waals surface area contributed by atoms with E-state index in [-0.39, 0.29) is 11.3 Å². The first-order valence-electron chi connectivity index (χ1n) is 5.30. The molecule has 0 aliphatic rings. The van der Waals surface area contributed by atoms with E-state index in [9.17, 15) is 18.4 Å². The monoisotopic (exact) mass is 265 g/mol. The normalized spacial score (nSPS) is 10.5. The Balaban J connectivity index is 2.51. The van der Waals surface area contributed by atoms with E-state index >= 15 is 0 Å². The first-order chi connectivity index (χ1) is 8.91. The molecule has 1 heterocycles. The summed E-state index contributed by atoms with van der Waals surface area (Å²) < 4.78 is 28.1. The maximum atomic E-state index is 13.5. The fourth-order valence-corrected chi connectivity index (χ4v) is 1.76. The van der Waals surface area contributed by atoms with Gasteiger partial charge in [0.05, 0.1) is 5.56 Å². The minimum absolute atomic E-state index is 0.0797. The second-order valence-corrected chi connectivity index (χ2v) is 3.96. The number of ketones is 1. The number of nitrogens with zero attached hydrogens (tertiary/aromatic N) is 1. The first kappa shape index (κ1) is 12.9. The molecule has 6 heteroatoms. The van der Waals surface area contributed by atoms with Crippen LogP contribution in [0.5, 0.6) is 0 Å². The number of aromatic nitrogens is 1. The van der Waals surface area contributed by atoms with Gasteiger partial charge in [0.1, 0.15) is 17.3 Å². The van der Waals surface area contributed by atoms with Gasteiger partial charge in [0.2, 0.25) is 0 Å². The van der Waals surface area contributed by atoms with Crippen LogP contribution in [0.1, 0.15) is 26.4 Å². The van der Waals surface area contributed by atoms with Crippen LogP contribution < -0.4 is 0 Å². The number of carbonyl (C=O) groups excluding carboxylic acids is 1. The lowest BCUT2D eigenvalue weighted by Crippen LogP contribution is -2.06. The summed E-state index contributed by atoms with van der Waals surface area (Å²) in [7, 11) is 1.43. The summed E-state index contributed by atoms with van der Waals surface area (Å²) in [4.78, 5) is 22.8. The molecule has 0 bridgehead atoms. The third-order valence-corrected chi connectivity index (χ3v) is 2.68. The van der Waals surface area contributed by atoms with Gasteiger partial charge in [0.25, 0.3) is 0 Å². The van der Waals surface area contributed by atoms with Crippen molar-refractivity contribution in [2.45, 2.75) is 0 Å². The van der Waals surface area contributed by atoms with Crippen molar-refractivity contribution >= 4 is 11.8 Å². The number of carboxylic acid groups (broad SMARTS) is 1. The van der Waals surface area contributed by atoms with Crippen molar-refractivity contribution in [3.63, 3.8) is 0 Å². The van der Waals surface area contributed by atoms with Crippen LogP contribution in [-0.4, -0.2) is 21.4 Å². The van der Waals surface area contributed by atoms with Crippen LogP contribution in [0.25, 0.3) is 0 Å². The molecule has 0 spiro atoms. The number of halogens is 2. The van der Waals surface area contributed by atoms with Gasteiger partial charge in [-0.25, -0.2) is 13.6 Å². The van der Waals surface area contributed by atoms with Crippen molar-refractivity contribution in [2.24, 2.45) is 7.05 Å². The van der Waals surface area contributed by atoms with Gasteiger partial charge < -0.3 is 9.67 Å². The topological polar surface area (TPSA) is 59.3 Å². The first-order valence-corrected chi connectivity index (χ1v) is 5.30. The summed E-state index contributed by atoms with van der Waals surface area (Å²) in [5, 5.41) is 8.86. The highest BCUT2D eigenvalue weighted by Gasteiger charge is 2.21. The van der Waals surface area contributed by atoms with Crippen LogP contribution in [0.2, 0.25) is 0 Å². The minimum Gasteiger partial charge on any atom is -0.477 e. The number of carboxylic acids is 1. The van der Waals surface area contributed by atoms with Crippen LogP contribution >= 0.6 is 0 Å². The summed E-state index contributed by atoms with van der Waals surface area (Å²) in [6, 6.07) is 4.17. The standard InChI is InChI=1S/C13H9F2NO3/c1-16-6-7(5-10(16)13(18)19)12(17)11-8(14)3-2-4-9(11)15/h2-6H,1H3,(H,18,19). The lowest BCUT2D eigenvalue weighted by atomic mass is 10.0. The van der Waals surface area contributed by atoms with Crippen LogP contribution in [0.3, 0.4) is 0 Å². The molecule has 0 unspecified atom stereocenters. The molecule has 98 valence electrons. The molecule has 2 aromatic rings. The zero-order valence-corrected chi connectivity index (χ0v) is 9.85. The Morgan fingerprint density at radius 2 is 1.79 bits per heavy atom. The molecule has 0 fully saturated rings. The highest BCUT2D eigenvalue weighted by Crippen LogP contribution is 2.18. The molecule has 2 rings (SSSR count). The van der Waals surface area contributed by atoms with Crippen molar-refractivity contribution in [1.29, 1.82) is 0 Å². The number of hydrogen-bond donors (Lipinski definition) is 1. The molecule has 0 aliphatic heterocycles. The maximum Gasteiger partial charge on any atom is 0.352 e. The number of aromatic carboxylic acids is 1. The van der Waals surface area contributed by atoms with Gasteiger partial charge in [-0.3, -0.25) is 4.79 Å². The van der Waals surface area contributed by atoms with Crippen molar-refractivity contribution in [3.8, 4) is 0 Å². The average Bonchev–Trinajstić information content (AvgIpc) is 2.71. The largest absolute Gasteiger partial charge is 0.477 e. The summed E-state index contributed by atoms with van der Waals surface area (Å²) in [6.07, 6.45) is 1.22. The van der Waals surface area contributed by atoms with E-state index in [0.717, 1.165) is 24.3 Å². The quantitative estimate of drug-likeness (QED) is 0.866. The third kappa shape index (κ3) is 2.24. The van der Waals surface area contributed by atoms with E-state index in [0.29, 0.717) is 0 Å². The number of rotatable bonds is 3. The van der Waals surface area contributed by atoms with Gasteiger partial charge in [-0.2, -0.15) is 0 Å². The molecule has 0 amide bonds. The number of hydrogen-bond acceptors (Lipinski definition) is 2. The molecule has 0 atom stereocenters. The average molecular weight is 265 g/mol. The van der Waals surface area contributed by atoms with E-state index < -0.39 is 29.0 Å². The smallest absolute Gasteiger partial charge is 0.352 e. The fraction of sp³-hybridized carbons (Fsp3) is 0.0769. The molecular weight excluding hydrogens is 256 g/mol. The van der Waals surface area contributed by atoms with Crippen LogP contribution in [0, 0.1) is 11.6 Å². The Bertz CT molecular complexity index is 656. The second kappa shape index (κ2) is 4.64. The SMILES string of the molecule is Cn1cc(C(=O)c2c(F)cccc2F)cc1C(=O)O. The molecule has 1 aromatic heterocycles. The van der Waals surface area contributed by atoms with Crippen LogP contribution in [0.4, 0.5) is 8.78 Å². The van der Waals surface area contributed by atoms with Gasteiger partial charge in [-0.1, -0.05) is 6.07 Å². The highest BCUT2D eigenvalue weighted by molar-refractivity contribution is 6.10. The molecule has 4 nitrogen and oxygen atoms in total. The Morgan fingerprint density at radius 3 is 2.26 bits per heavy atom. The Hall–Kier alpha value is -2.50. The lowest BCUT2D eigenvalue weighted by molar-refractivity contribution is 0.0686. The predicted octanol–water partition coefficient (Wildman–Crippen LogP) is 2.23. The molecule has 19 heavy (non-hydrogen) atoms. The van der Waals surface area contributed by atoms with E-state index in [1.165, 1.54) is 17.8 Å². The number of carbonyl (C=O) groups is 2. The summed E-state index contributed by atoms with van der Waals surface area (Å²) in [6.45, 7) is 0. The minimum atomic E-state index is -1.23.